The van der Waals surface area contributed by atoms with E-state index in [-0.39, 0.29) is 43.0 Å². The predicted molar refractivity (Wildman–Crippen MR) is 148 cm³/mol. The number of aliphatic hydroxyl groups is 1. The summed E-state index contributed by atoms with van der Waals surface area (Å²) in [6, 6.07) is -1.26. The molecule has 1 spiro atoms. The van der Waals surface area contributed by atoms with Crippen LogP contribution in [0, 0.1) is 17.8 Å². The minimum absolute atomic E-state index is 0.00354. The van der Waals surface area contributed by atoms with Gasteiger partial charge in [-0.2, -0.15) is 0 Å². The number of hydrogen-bond donors (Lipinski definition) is 1. The first kappa shape index (κ1) is 29.8. The number of aliphatic hydroxyl groups excluding tert-OH is 1. The van der Waals surface area contributed by atoms with Crippen molar-refractivity contribution in [3.05, 3.63) is 25.3 Å². The molecule has 3 saturated heterocycles. The van der Waals surface area contributed by atoms with Gasteiger partial charge >= 0.3 is 5.97 Å². The summed E-state index contributed by atoms with van der Waals surface area (Å²) in [4.78, 5) is 45.8. The second-order valence-corrected chi connectivity index (χ2v) is 13.2. The summed E-state index contributed by atoms with van der Waals surface area (Å²) in [7, 11) is 0. The predicted octanol–water partition coefficient (Wildman–Crippen LogP) is 4.20. The lowest BCUT2D eigenvalue weighted by atomic mass is 9.66. The molecule has 208 valence electrons. The monoisotopic (exact) mass is 534 g/mol. The molecule has 37 heavy (non-hydrogen) atoms. The van der Waals surface area contributed by atoms with E-state index in [1.165, 1.54) is 0 Å². The lowest BCUT2D eigenvalue weighted by Crippen LogP contribution is -2.59. The van der Waals surface area contributed by atoms with Gasteiger partial charge in [0.1, 0.15) is 6.04 Å². The number of fused-ring (bicyclic) bond motifs is 1. The van der Waals surface area contributed by atoms with E-state index in [1.807, 2.05) is 32.6 Å². The number of hydrogen-bond acceptors (Lipinski definition) is 6. The van der Waals surface area contributed by atoms with E-state index < -0.39 is 33.4 Å². The number of thioether (sulfide) groups is 1. The van der Waals surface area contributed by atoms with Crippen molar-refractivity contribution < 1.29 is 24.2 Å². The van der Waals surface area contributed by atoms with Crippen LogP contribution >= 0.6 is 11.8 Å². The summed E-state index contributed by atoms with van der Waals surface area (Å²) in [6.45, 7) is 18.2. The third kappa shape index (κ3) is 5.00. The van der Waals surface area contributed by atoms with Crippen LogP contribution in [0.4, 0.5) is 0 Å². The Morgan fingerprint density at radius 2 is 1.97 bits per heavy atom. The Kier molecular flexibility index (Phi) is 9.60. The van der Waals surface area contributed by atoms with Gasteiger partial charge in [0.25, 0.3) is 0 Å². The molecule has 0 saturated carbocycles. The fourth-order valence-corrected chi connectivity index (χ4v) is 9.19. The van der Waals surface area contributed by atoms with Gasteiger partial charge in [-0.15, -0.1) is 24.9 Å². The molecule has 0 radical (unpaired) electrons. The van der Waals surface area contributed by atoms with Crippen LogP contribution in [0.1, 0.15) is 73.1 Å². The second-order valence-electron chi connectivity index (χ2n) is 11.3. The van der Waals surface area contributed by atoms with E-state index in [0.717, 1.165) is 25.7 Å². The molecule has 0 aromatic rings. The molecule has 2 amide bonds. The summed E-state index contributed by atoms with van der Waals surface area (Å²) >= 11 is 1.64. The smallest absolute Gasteiger partial charge is 0.311 e. The van der Waals surface area contributed by atoms with Crippen LogP contribution in [0.3, 0.4) is 0 Å². The molecule has 0 aromatic carbocycles. The van der Waals surface area contributed by atoms with Gasteiger partial charge in [0.15, 0.2) is 0 Å². The number of carbonyl (C=O) groups is 3. The van der Waals surface area contributed by atoms with Crippen LogP contribution in [-0.2, 0) is 19.1 Å². The number of amides is 2. The SMILES string of the molecule is C=CCCOC(=O)[C@H]1[C@H]2C(=O)N([C@@H](CO)[C@@H](C)CC)C(C(=O)N(CC=C)C(C)CCC)C23CC[C@]1(C)S3. The van der Waals surface area contributed by atoms with Crippen molar-refractivity contribution in [1.82, 2.24) is 9.80 Å². The van der Waals surface area contributed by atoms with Crippen LogP contribution in [0.15, 0.2) is 25.3 Å². The zero-order valence-corrected chi connectivity index (χ0v) is 24.1. The normalized spacial score (nSPS) is 32.5. The number of rotatable bonds is 14. The average molecular weight is 535 g/mol. The van der Waals surface area contributed by atoms with Gasteiger partial charge in [-0.25, -0.2) is 0 Å². The van der Waals surface area contributed by atoms with E-state index in [1.54, 1.807) is 28.8 Å². The molecule has 0 aromatic heterocycles. The number of esters is 1. The van der Waals surface area contributed by atoms with Crippen LogP contribution in [0.25, 0.3) is 0 Å². The molecule has 3 fully saturated rings. The van der Waals surface area contributed by atoms with Crippen molar-refractivity contribution in [2.75, 3.05) is 19.8 Å². The molecule has 2 bridgehead atoms. The summed E-state index contributed by atoms with van der Waals surface area (Å²) < 4.78 is 4.43. The van der Waals surface area contributed by atoms with Crippen LogP contribution in [0.5, 0.6) is 0 Å². The number of carbonyl (C=O) groups excluding carboxylic acids is 3. The zero-order valence-electron chi connectivity index (χ0n) is 23.3. The Morgan fingerprint density at radius 1 is 1.27 bits per heavy atom. The second kappa shape index (κ2) is 11.9. The van der Waals surface area contributed by atoms with Crippen molar-refractivity contribution in [2.24, 2.45) is 17.8 Å². The summed E-state index contributed by atoms with van der Waals surface area (Å²) in [5.41, 5.74) is 0. The maximum atomic E-state index is 14.5. The average Bonchev–Trinajstić information content (AvgIpc) is 3.43. The molecular formula is C29H46N2O5S. The molecule has 8 atom stereocenters. The van der Waals surface area contributed by atoms with Gasteiger partial charge in [0.2, 0.25) is 11.8 Å². The summed E-state index contributed by atoms with van der Waals surface area (Å²) in [5, 5.41) is 10.5. The first-order valence-corrected chi connectivity index (χ1v) is 14.7. The third-order valence-electron chi connectivity index (χ3n) is 8.96. The first-order valence-electron chi connectivity index (χ1n) is 13.9. The fourth-order valence-electron chi connectivity index (χ4n) is 6.86. The number of likely N-dealkylation sites (tertiary alicyclic amines) is 1. The van der Waals surface area contributed by atoms with Gasteiger partial charge < -0.3 is 19.6 Å². The molecule has 3 aliphatic rings. The number of nitrogens with zero attached hydrogens (tertiary/aromatic N) is 2. The number of ether oxygens (including phenoxy) is 1. The van der Waals surface area contributed by atoms with Crippen molar-refractivity contribution in [2.45, 2.75) is 101 Å². The molecule has 7 nitrogen and oxygen atoms in total. The standard InChI is InChI=1S/C29H46N2O5S/c1-8-12-17-36-27(35)23-22-25(33)31(21(18-32)19(5)11-4)24(29(22)15-14-28(23,7)37-29)26(34)30(16-10-3)20(6)13-9-2/h8,10,19-24,32H,1,3,9,11-18H2,2,4-7H3/t19-,20?,21-,22-,23+,24?,28-,29?/m0/s1. The van der Waals surface area contributed by atoms with Crippen LogP contribution in [-0.4, -0.2) is 80.1 Å². The maximum absolute atomic E-state index is 14.5. The molecular weight excluding hydrogens is 488 g/mol. The van der Waals surface area contributed by atoms with Crippen LogP contribution < -0.4 is 0 Å². The molecule has 3 unspecified atom stereocenters. The molecule has 8 heteroatoms. The quantitative estimate of drug-likeness (QED) is 0.204. The lowest BCUT2D eigenvalue weighted by Gasteiger charge is -2.42. The van der Waals surface area contributed by atoms with Gasteiger partial charge in [-0.1, -0.05) is 45.8 Å². The molecule has 0 aliphatic carbocycles. The van der Waals surface area contributed by atoms with Crippen molar-refractivity contribution in [1.29, 1.82) is 0 Å². The molecule has 3 aliphatic heterocycles. The molecule has 3 rings (SSSR count). The zero-order chi connectivity index (χ0) is 27.5. The van der Waals surface area contributed by atoms with E-state index in [9.17, 15) is 19.5 Å². The van der Waals surface area contributed by atoms with E-state index in [2.05, 4.69) is 20.1 Å². The third-order valence-corrected chi connectivity index (χ3v) is 10.9. The topological polar surface area (TPSA) is 87.1 Å². The van der Waals surface area contributed by atoms with Gasteiger partial charge in [-0.3, -0.25) is 14.4 Å². The Balaban J connectivity index is 2.12. The Morgan fingerprint density at radius 3 is 2.54 bits per heavy atom. The largest absolute Gasteiger partial charge is 0.465 e. The van der Waals surface area contributed by atoms with E-state index >= 15 is 0 Å². The highest BCUT2D eigenvalue weighted by molar-refractivity contribution is 8.02. The van der Waals surface area contributed by atoms with E-state index in [4.69, 9.17) is 4.74 Å². The highest BCUT2D eigenvalue weighted by Crippen LogP contribution is 2.72. The van der Waals surface area contributed by atoms with Gasteiger partial charge in [-0.05, 0) is 45.4 Å². The Hall–Kier alpha value is -1.80. The molecule has 1 N–H and O–H groups in total. The lowest BCUT2D eigenvalue weighted by molar-refractivity contribution is -0.156. The fraction of sp³-hybridized carbons (Fsp3) is 0.759. The van der Waals surface area contributed by atoms with E-state index in [0.29, 0.717) is 19.4 Å². The van der Waals surface area contributed by atoms with Crippen molar-refractivity contribution in [3.8, 4) is 0 Å². The van der Waals surface area contributed by atoms with Crippen LogP contribution in [0.2, 0.25) is 0 Å². The van der Waals surface area contributed by atoms with Crippen molar-refractivity contribution >= 4 is 29.5 Å². The summed E-state index contributed by atoms with van der Waals surface area (Å²) in [5.74, 6) is -1.93. The highest BCUT2D eigenvalue weighted by Gasteiger charge is 2.78. The van der Waals surface area contributed by atoms with Gasteiger partial charge in [0.05, 0.1) is 35.8 Å². The minimum atomic E-state index is -0.742. The summed E-state index contributed by atoms with van der Waals surface area (Å²) in [6.07, 6.45) is 7.93. The maximum Gasteiger partial charge on any atom is 0.311 e. The highest BCUT2D eigenvalue weighted by atomic mass is 32.2. The Labute approximate surface area is 227 Å². The molecule has 3 heterocycles. The Bertz CT molecular complexity index is 896. The van der Waals surface area contributed by atoms with Crippen molar-refractivity contribution in [3.63, 3.8) is 0 Å². The van der Waals surface area contributed by atoms with Gasteiger partial charge in [0, 0.05) is 17.3 Å². The first-order chi connectivity index (χ1) is 17.6. The minimum Gasteiger partial charge on any atom is -0.465 e.